The number of hydrogen-bond acceptors (Lipinski definition) is 5. The zero-order chi connectivity index (χ0) is 17.9. The topological polar surface area (TPSA) is 80.4 Å². The molecular formula is C18H17N3O3S. The Kier molecular flexibility index (Phi) is 3.27. The molecule has 0 aliphatic carbocycles. The highest BCUT2D eigenvalue weighted by Gasteiger charge is 2.27. The maximum atomic E-state index is 11.8. The summed E-state index contributed by atoms with van der Waals surface area (Å²) in [4.78, 5) is 32.4. The standard InChI is InChI=1S/C18H17N3O3S/c1-9-14(10-5-6-11-13(7-10)24-17(23)19-11)21-12(8-22)15(18(2,3)4)20-16(21)25-9/h5-8H,1-4H3,(H,19,23). The van der Waals surface area contributed by atoms with Crippen molar-refractivity contribution in [2.45, 2.75) is 33.1 Å². The molecular weight excluding hydrogens is 338 g/mol. The van der Waals surface area contributed by atoms with Crippen LogP contribution in [0.5, 0.6) is 0 Å². The molecule has 0 fully saturated rings. The van der Waals surface area contributed by atoms with E-state index in [4.69, 9.17) is 9.40 Å². The van der Waals surface area contributed by atoms with Crippen LogP contribution in [-0.4, -0.2) is 20.7 Å². The van der Waals surface area contributed by atoms with Crippen LogP contribution in [0.25, 0.3) is 27.3 Å². The first-order valence-electron chi connectivity index (χ1n) is 7.90. The van der Waals surface area contributed by atoms with Crippen molar-refractivity contribution in [2.24, 2.45) is 0 Å². The van der Waals surface area contributed by atoms with Gasteiger partial charge in [0.05, 0.1) is 16.9 Å². The van der Waals surface area contributed by atoms with Gasteiger partial charge in [0.25, 0.3) is 0 Å². The van der Waals surface area contributed by atoms with Crippen LogP contribution in [0.3, 0.4) is 0 Å². The number of aromatic amines is 1. The van der Waals surface area contributed by atoms with Crippen molar-refractivity contribution in [3.63, 3.8) is 0 Å². The molecule has 4 aromatic rings. The van der Waals surface area contributed by atoms with Crippen molar-refractivity contribution < 1.29 is 9.21 Å². The van der Waals surface area contributed by atoms with E-state index in [-0.39, 0.29) is 5.41 Å². The normalized spacial score (nSPS) is 12.3. The molecule has 0 amide bonds. The van der Waals surface area contributed by atoms with Crippen LogP contribution < -0.4 is 5.76 Å². The molecule has 0 spiro atoms. The molecule has 1 aromatic carbocycles. The average Bonchev–Trinajstić information content (AvgIpc) is 3.15. The summed E-state index contributed by atoms with van der Waals surface area (Å²) in [5, 5.41) is 0. The number of aldehydes is 1. The smallest absolute Gasteiger partial charge is 0.408 e. The molecule has 1 N–H and O–H groups in total. The Morgan fingerprint density at radius 2 is 2.08 bits per heavy atom. The number of imidazole rings is 1. The van der Waals surface area contributed by atoms with Gasteiger partial charge >= 0.3 is 5.76 Å². The lowest BCUT2D eigenvalue weighted by atomic mass is 9.91. The predicted molar refractivity (Wildman–Crippen MR) is 97.7 cm³/mol. The Balaban J connectivity index is 2.05. The molecule has 0 saturated carbocycles. The second kappa shape index (κ2) is 5.16. The molecule has 6 nitrogen and oxygen atoms in total. The molecule has 0 bridgehead atoms. The molecule has 3 aromatic heterocycles. The van der Waals surface area contributed by atoms with E-state index in [9.17, 15) is 9.59 Å². The van der Waals surface area contributed by atoms with Crippen molar-refractivity contribution in [1.29, 1.82) is 0 Å². The van der Waals surface area contributed by atoms with Crippen LogP contribution in [-0.2, 0) is 5.41 Å². The molecule has 0 aliphatic heterocycles. The third-order valence-corrected chi connectivity index (χ3v) is 5.16. The quantitative estimate of drug-likeness (QED) is 0.553. The molecule has 3 heterocycles. The monoisotopic (exact) mass is 355 g/mol. The lowest BCUT2D eigenvalue weighted by Crippen LogP contribution is -2.15. The number of carbonyl (C=O) groups excluding carboxylic acids is 1. The molecule has 0 atom stereocenters. The number of fused-ring (bicyclic) bond motifs is 2. The minimum atomic E-state index is -0.481. The van der Waals surface area contributed by atoms with Gasteiger partial charge in [-0.2, -0.15) is 0 Å². The van der Waals surface area contributed by atoms with Gasteiger partial charge in [-0.15, -0.1) is 11.3 Å². The number of aromatic nitrogens is 3. The second-order valence-electron chi connectivity index (χ2n) is 7.06. The van der Waals surface area contributed by atoms with Gasteiger partial charge in [0.2, 0.25) is 0 Å². The van der Waals surface area contributed by atoms with Crippen molar-refractivity contribution in [2.75, 3.05) is 0 Å². The van der Waals surface area contributed by atoms with Gasteiger partial charge in [0, 0.05) is 15.9 Å². The van der Waals surface area contributed by atoms with E-state index in [1.54, 1.807) is 17.4 Å². The van der Waals surface area contributed by atoms with Crippen LogP contribution in [0.4, 0.5) is 0 Å². The van der Waals surface area contributed by atoms with E-state index < -0.39 is 5.76 Å². The van der Waals surface area contributed by atoms with Gasteiger partial charge in [-0.1, -0.05) is 26.8 Å². The van der Waals surface area contributed by atoms with Gasteiger partial charge in [-0.25, -0.2) is 9.78 Å². The number of thiazole rings is 1. The molecule has 0 saturated heterocycles. The van der Waals surface area contributed by atoms with Crippen molar-refractivity contribution >= 4 is 33.7 Å². The number of H-pyrrole nitrogens is 1. The summed E-state index contributed by atoms with van der Waals surface area (Å²) in [6.07, 6.45) is 0.866. The van der Waals surface area contributed by atoms with Gasteiger partial charge in [0.15, 0.2) is 16.8 Å². The summed E-state index contributed by atoms with van der Waals surface area (Å²) in [5.41, 5.74) is 4.03. The molecule has 0 radical (unpaired) electrons. The van der Waals surface area contributed by atoms with Crippen molar-refractivity contribution in [3.05, 3.63) is 45.0 Å². The fourth-order valence-corrected chi connectivity index (χ4v) is 4.12. The molecule has 7 heteroatoms. The maximum Gasteiger partial charge on any atom is 0.417 e. The first kappa shape index (κ1) is 15.8. The van der Waals surface area contributed by atoms with Gasteiger partial charge in [0.1, 0.15) is 5.69 Å². The lowest BCUT2D eigenvalue weighted by Gasteiger charge is -2.16. The predicted octanol–water partition coefficient (Wildman–Crippen LogP) is 3.92. The van der Waals surface area contributed by atoms with E-state index >= 15 is 0 Å². The number of nitrogens with zero attached hydrogens (tertiary/aromatic N) is 2. The first-order valence-corrected chi connectivity index (χ1v) is 8.72. The highest BCUT2D eigenvalue weighted by atomic mass is 32.1. The van der Waals surface area contributed by atoms with Crippen molar-refractivity contribution in [1.82, 2.24) is 14.4 Å². The number of aryl methyl sites for hydroxylation is 1. The first-order chi connectivity index (χ1) is 11.8. The molecule has 0 unspecified atom stereocenters. The fraction of sp³-hybridized carbons (Fsp3) is 0.278. The number of hydrogen-bond donors (Lipinski definition) is 1. The SMILES string of the molecule is Cc1sc2nc(C(C)(C)C)c(C=O)n2c1-c1ccc2[nH]c(=O)oc2c1. The summed E-state index contributed by atoms with van der Waals surface area (Å²) >= 11 is 1.54. The lowest BCUT2D eigenvalue weighted by molar-refractivity contribution is 0.111. The summed E-state index contributed by atoms with van der Waals surface area (Å²) in [6, 6.07) is 5.53. The molecule has 4 rings (SSSR count). The Morgan fingerprint density at radius 3 is 2.76 bits per heavy atom. The number of nitrogens with one attached hydrogen (secondary N) is 1. The Bertz CT molecular complexity index is 1180. The van der Waals surface area contributed by atoms with Crippen LogP contribution >= 0.6 is 11.3 Å². The van der Waals surface area contributed by atoms with E-state index in [1.807, 2.05) is 44.2 Å². The third-order valence-electron chi connectivity index (χ3n) is 4.20. The molecule has 0 aliphatic rings. The maximum absolute atomic E-state index is 11.8. The third kappa shape index (κ3) is 2.34. The average molecular weight is 355 g/mol. The minimum Gasteiger partial charge on any atom is -0.408 e. The van der Waals surface area contributed by atoms with E-state index in [0.29, 0.717) is 16.8 Å². The zero-order valence-electron chi connectivity index (χ0n) is 14.3. The Hall–Kier alpha value is -2.67. The highest BCUT2D eigenvalue weighted by molar-refractivity contribution is 7.17. The van der Waals surface area contributed by atoms with Gasteiger partial charge in [-0.05, 0) is 19.1 Å². The number of carbonyl (C=O) groups is 1. The van der Waals surface area contributed by atoms with E-state index in [2.05, 4.69) is 4.98 Å². The number of rotatable bonds is 2. The van der Waals surface area contributed by atoms with E-state index in [0.717, 1.165) is 33.1 Å². The Morgan fingerprint density at radius 1 is 1.32 bits per heavy atom. The summed E-state index contributed by atoms with van der Waals surface area (Å²) in [5.74, 6) is -0.481. The Labute approximate surface area is 147 Å². The van der Waals surface area contributed by atoms with E-state index in [1.165, 1.54) is 0 Å². The van der Waals surface area contributed by atoms with Crippen LogP contribution in [0.1, 0.15) is 41.8 Å². The second-order valence-corrected chi connectivity index (χ2v) is 8.25. The summed E-state index contributed by atoms with van der Waals surface area (Å²) in [7, 11) is 0. The van der Waals surface area contributed by atoms with Crippen LogP contribution in [0, 0.1) is 6.92 Å². The highest BCUT2D eigenvalue weighted by Crippen LogP contribution is 2.36. The number of benzene rings is 1. The summed E-state index contributed by atoms with van der Waals surface area (Å²) in [6.45, 7) is 8.12. The van der Waals surface area contributed by atoms with Gasteiger partial charge in [-0.3, -0.25) is 14.2 Å². The molecule has 128 valence electrons. The number of oxazole rings is 1. The van der Waals surface area contributed by atoms with Crippen molar-refractivity contribution in [3.8, 4) is 11.3 Å². The minimum absolute atomic E-state index is 0.232. The molecule has 25 heavy (non-hydrogen) atoms. The van der Waals surface area contributed by atoms with Gasteiger partial charge < -0.3 is 4.42 Å². The van der Waals surface area contributed by atoms with Crippen LogP contribution in [0.15, 0.2) is 27.4 Å². The zero-order valence-corrected chi connectivity index (χ0v) is 15.2. The van der Waals surface area contributed by atoms with Crippen LogP contribution in [0.2, 0.25) is 0 Å². The largest absolute Gasteiger partial charge is 0.417 e. The summed E-state index contributed by atoms with van der Waals surface area (Å²) < 4.78 is 7.07. The fourth-order valence-electron chi connectivity index (χ4n) is 3.12.